The number of amides is 3. The number of nitrogens with one attached hydrogen (secondary N) is 2. The predicted molar refractivity (Wildman–Crippen MR) is 159 cm³/mol. The predicted octanol–water partition coefficient (Wildman–Crippen LogP) is 6.18. The van der Waals surface area contributed by atoms with E-state index in [4.69, 9.17) is 4.74 Å². The lowest BCUT2D eigenvalue weighted by molar-refractivity contribution is -0.141. The van der Waals surface area contributed by atoms with E-state index in [1.54, 1.807) is 37.4 Å². The van der Waals surface area contributed by atoms with E-state index in [1.165, 1.54) is 0 Å². The molecule has 1 fully saturated rings. The number of carbonyl (C=O) groups excluding carboxylic acids is 3. The van der Waals surface area contributed by atoms with E-state index in [-0.39, 0.29) is 17.9 Å². The van der Waals surface area contributed by atoms with E-state index >= 15 is 0 Å². The second kappa shape index (κ2) is 13.4. The van der Waals surface area contributed by atoms with Crippen LogP contribution in [-0.4, -0.2) is 52.5 Å². The zero-order valence-corrected chi connectivity index (χ0v) is 25.1. The molecule has 2 aromatic rings. The Kier molecular flexibility index (Phi) is 10.5. The molecule has 8 heteroatoms. The third-order valence-electron chi connectivity index (χ3n) is 6.75. The SMILES string of the molecule is CCc1ccc(C(C(=O)Nc2c(C)cccc2C)N(C(=O)C(CCSC)NC(=O)OC(C)(C)C)C2CC2)cc1. The molecule has 0 aromatic heterocycles. The Balaban J connectivity index is 2.01. The van der Waals surface area contributed by atoms with Crippen LogP contribution in [0.15, 0.2) is 42.5 Å². The lowest BCUT2D eigenvalue weighted by Gasteiger charge is -2.35. The van der Waals surface area contributed by atoms with Crippen LogP contribution in [0.3, 0.4) is 0 Å². The smallest absolute Gasteiger partial charge is 0.408 e. The number of carbonyl (C=O) groups is 3. The van der Waals surface area contributed by atoms with E-state index < -0.39 is 23.8 Å². The molecule has 212 valence electrons. The molecule has 7 nitrogen and oxygen atoms in total. The number of hydrogen-bond donors (Lipinski definition) is 2. The van der Waals surface area contributed by atoms with Gasteiger partial charge >= 0.3 is 6.09 Å². The molecule has 1 aliphatic carbocycles. The van der Waals surface area contributed by atoms with Gasteiger partial charge < -0.3 is 20.3 Å². The summed E-state index contributed by atoms with van der Waals surface area (Å²) >= 11 is 1.60. The Bertz CT molecular complexity index is 1140. The van der Waals surface area contributed by atoms with Gasteiger partial charge in [0.25, 0.3) is 5.91 Å². The lowest BCUT2D eigenvalue weighted by atomic mass is 9.99. The van der Waals surface area contributed by atoms with E-state index in [0.717, 1.165) is 47.2 Å². The van der Waals surface area contributed by atoms with Gasteiger partial charge in [0.1, 0.15) is 17.7 Å². The van der Waals surface area contributed by atoms with Gasteiger partial charge in [-0.05, 0) is 94.6 Å². The van der Waals surface area contributed by atoms with E-state index in [2.05, 4.69) is 17.6 Å². The number of rotatable bonds is 11. The first-order chi connectivity index (χ1) is 18.4. The maximum absolute atomic E-state index is 14.2. The van der Waals surface area contributed by atoms with E-state index in [9.17, 15) is 14.4 Å². The summed E-state index contributed by atoms with van der Waals surface area (Å²) in [5, 5.41) is 5.93. The van der Waals surface area contributed by atoms with Crippen molar-refractivity contribution in [2.45, 2.75) is 91.0 Å². The van der Waals surface area contributed by atoms with Gasteiger partial charge in [-0.25, -0.2) is 4.79 Å². The molecular formula is C31H43N3O4S. The number of anilines is 1. The van der Waals surface area contributed by atoms with E-state index in [0.29, 0.717) is 12.2 Å². The first-order valence-electron chi connectivity index (χ1n) is 13.7. The molecule has 0 bridgehead atoms. The average Bonchev–Trinajstić information content (AvgIpc) is 3.71. The Hall–Kier alpha value is -3.00. The number of benzene rings is 2. The van der Waals surface area contributed by atoms with Crippen molar-refractivity contribution < 1.29 is 19.1 Å². The van der Waals surface area contributed by atoms with Crippen LogP contribution in [0.2, 0.25) is 0 Å². The van der Waals surface area contributed by atoms with E-state index in [1.807, 2.05) is 62.6 Å². The van der Waals surface area contributed by atoms with Gasteiger partial charge in [-0.15, -0.1) is 0 Å². The fourth-order valence-electron chi connectivity index (χ4n) is 4.57. The maximum Gasteiger partial charge on any atom is 0.408 e. The summed E-state index contributed by atoms with van der Waals surface area (Å²) in [6.45, 7) is 11.4. The molecule has 2 unspecified atom stereocenters. The summed E-state index contributed by atoms with van der Waals surface area (Å²) in [7, 11) is 0. The van der Waals surface area contributed by atoms with Crippen LogP contribution in [0.1, 0.15) is 75.3 Å². The van der Waals surface area contributed by atoms with Gasteiger partial charge in [-0.2, -0.15) is 11.8 Å². The summed E-state index contributed by atoms with van der Waals surface area (Å²) in [6, 6.07) is 12.0. The fraction of sp³-hybridized carbons (Fsp3) is 0.516. The molecule has 2 N–H and O–H groups in total. The number of nitrogens with zero attached hydrogens (tertiary/aromatic N) is 1. The second-order valence-electron chi connectivity index (χ2n) is 11.2. The topological polar surface area (TPSA) is 87.7 Å². The Labute approximate surface area is 237 Å². The van der Waals surface area contributed by atoms with Crippen molar-refractivity contribution in [1.29, 1.82) is 0 Å². The van der Waals surface area contributed by atoms with Crippen LogP contribution in [0, 0.1) is 13.8 Å². The Morgan fingerprint density at radius 3 is 2.18 bits per heavy atom. The van der Waals surface area contributed by atoms with Gasteiger partial charge in [-0.3, -0.25) is 9.59 Å². The first kappa shape index (κ1) is 30.5. The van der Waals surface area contributed by atoms with Crippen molar-refractivity contribution in [3.63, 3.8) is 0 Å². The summed E-state index contributed by atoms with van der Waals surface area (Å²) in [5.74, 6) is 0.145. The average molecular weight is 554 g/mol. The minimum absolute atomic E-state index is 0.0747. The molecule has 0 heterocycles. The summed E-state index contributed by atoms with van der Waals surface area (Å²) in [6.07, 6.45) is 4.26. The number of para-hydroxylation sites is 1. The van der Waals surface area contributed by atoms with Crippen LogP contribution in [0.4, 0.5) is 10.5 Å². The van der Waals surface area contributed by atoms with Crippen molar-refractivity contribution >= 4 is 35.4 Å². The van der Waals surface area contributed by atoms with Gasteiger partial charge in [0, 0.05) is 11.7 Å². The number of aryl methyl sites for hydroxylation is 3. The van der Waals surface area contributed by atoms with Crippen LogP contribution in [0.25, 0.3) is 0 Å². The van der Waals surface area contributed by atoms with Crippen molar-refractivity contribution in [1.82, 2.24) is 10.2 Å². The summed E-state index contributed by atoms with van der Waals surface area (Å²) in [5.41, 5.74) is 3.88. The van der Waals surface area contributed by atoms with Crippen LogP contribution in [-0.2, 0) is 20.7 Å². The maximum atomic E-state index is 14.2. The summed E-state index contributed by atoms with van der Waals surface area (Å²) in [4.78, 5) is 42.7. The Morgan fingerprint density at radius 1 is 1.05 bits per heavy atom. The van der Waals surface area contributed by atoms with Gasteiger partial charge in [0.05, 0.1) is 0 Å². The molecular weight excluding hydrogens is 510 g/mol. The van der Waals surface area contributed by atoms with Crippen molar-refractivity contribution in [2.24, 2.45) is 0 Å². The lowest BCUT2D eigenvalue weighted by Crippen LogP contribution is -2.53. The molecule has 0 radical (unpaired) electrons. The fourth-order valence-corrected chi connectivity index (χ4v) is 5.04. The zero-order valence-electron chi connectivity index (χ0n) is 24.3. The van der Waals surface area contributed by atoms with Gasteiger partial charge in [0.15, 0.2) is 0 Å². The quantitative estimate of drug-likeness (QED) is 0.347. The largest absolute Gasteiger partial charge is 0.444 e. The second-order valence-corrected chi connectivity index (χ2v) is 12.2. The molecule has 3 rings (SSSR count). The molecule has 0 aliphatic heterocycles. The molecule has 0 saturated heterocycles. The molecule has 39 heavy (non-hydrogen) atoms. The van der Waals surface area contributed by atoms with Crippen molar-refractivity contribution in [3.8, 4) is 0 Å². The highest BCUT2D eigenvalue weighted by Gasteiger charge is 2.44. The minimum Gasteiger partial charge on any atom is -0.444 e. The standard InChI is InChI=1S/C31H43N3O4S/c1-8-22-12-14-23(15-13-22)27(28(35)33-26-20(2)10-9-11-21(26)3)34(24-16-17-24)29(36)25(18-19-39-7)32-30(37)38-31(4,5)6/h9-15,24-25,27H,8,16-19H2,1-7H3,(H,32,37)(H,33,35). The third-order valence-corrected chi connectivity index (χ3v) is 7.40. The summed E-state index contributed by atoms with van der Waals surface area (Å²) < 4.78 is 5.47. The first-order valence-corrected chi connectivity index (χ1v) is 15.1. The Morgan fingerprint density at radius 2 is 1.67 bits per heavy atom. The molecule has 1 aliphatic rings. The highest BCUT2D eigenvalue weighted by atomic mass is 32.2. The normalized spacial score (nSPS) is 14.7. The highest BCUT2D eigenvalue weighted by Crippen LogP contribution is 2.37. The minimum atomic E-state index is -0.841. The van der Waals surface area contributed by atoms with Crippen LogP contribution in [0.5, 0.6) is 0 Å². The zero-order chi connectivity index (χ0) is 28.7. The van der Waals surface area contributed by atoms with Gasteiger partial charge in [-0.1, -0.05) is 49.4 Å². The molecule has 3 amide bonds. The molecule has 0 spiro atoms. The van der Waals surface area contributed by atoms with Gasteiger partial charge in [0.2, 0.25) is 5.91 Å². The van der Waals surface area contributed by atoms with Crippen molar-refractivity contribution in [2.75, 3.05) is 17.3 Å². The number of ether oxygens (including phenoxy) is 1. The van der Waals surface area contributed by atoms with Crippen molar-refractivity contribution in [3.05, 3.63) is 64.7 Å². The highest BCUT2D eigenvalue weighted by molar-refractivity contribution is 7.98. The number of thioether (sulfide) groups is 1. The monoisotopic (exact) mass is 553 g/mol. The molecule has 1 saturated carbocycles. The number of alkyl carbamates (subject to hydrolysis) is 1. The third kappa shape index (κ3) is 8.49. The number of hydrogen-bond acceptors (Lipinski definition) is 5. The molecule has 2 atom stereocenters. The molecule has 2 aromatic carbocycles. The van der Waals surface area contributed by atoms with Crippen LogP contribution >= 0.6 is 11.8 Å². The van der Waals surface area contributed by atoms with Crippen LogP contribution < -0.4 is 10.6 Å².